The predicted molar refractivity (Wildman–Crippen MR) is 106 cm³/mol. The molecule has 0 unspecified atom stereocenters. The van der Waals surface area contributed by atoms with Gasteiger partial charge < -0.3 is 9.47 Å². The summed E-state index contributed by atoms with van der Waals surface area (Å²) in [5.41, 5.74) is 1.46. The van der Waals surface area contributed by atoms with Crippen LogP contribution in [0.1, 0.15) is 5.56 Å². The van der Waals surface area contributed by atoms with Gasteiger partial charge >= 0.3 is 0 Å². The zero-order valence-corrected chi connectivity index (χ0v) is 16.1. The number of carbonyl (C=O) groups excluding carboxylic acids is 1. The third-order valence-corrected chi connectivity index (χ3v) is 5.05. The zero-order valence-electron chi connectivity index (χ0n) is 14.5. The van der Waals surface area contributed by atoms with Crippen molar-refractivity contribution in [3.63, 3.8) is 0 Å². The Hall–Kier alpha value is -2.44. The third-order valence-electron chi connectivity index (χ3n) is 3.76. The van der Waals surface area contributed by atoms with Crippen molar-refractivity contribution in [3.05, 3.63) is 58.0 Å². The van der Waals surface area contributed by atoms with Gasteiger partial charge in [0.25, 0.3) is 5.91 Å². The fourth-order valence-corrected chi connectivity index (χ4v) is 3.64. The number of halogens is 1. The van der Waals surface area contributed by atoms with Crippen LogP contribution in [-0.4, -0.2) is 37.2 Å². The van der Waals surface area contributed by atoms with Crippen LogP contribution in [0.3, 0.4) is 0 Å². The number of para-hydroxylation sites is 1. The SMILES string of the molecule is COc1cccc(/C=C2/SC(=Nc3cccc(Cl)c3)N(C)C2=O)c1OC. The Bertz CT molecular complexity index is 911. The van der Waals surface area contributed by atoms with Gasteiger partial charge in [-0.15, -0.1) is 0 Å². The molecule has 5 nitrogen and oxygen atoms in total. The van der Waals surface area contributed by atoms with Crippen molar-refractivity contribution in [2.45, 2.75) is 0 Å². The highest BCUT2D eigenvalue weighted by atomic mass is 35.5. The van der Waals surface area contributed by atoms with Gasteiger partial charge in [-0.05, 0) is 42.1 Å². The van der Waals surface area contributed by atoms with Crippen LogP contribution in [-0.2, 0) is 4.79 Å². The van der Waals surface area contributed by atoms with Crippen LogP contribution in [0.5, 0.6) is 11.5 Å². The van der Waals surface area contributed by atoms with E-state index in [1.54, 1.807) is 39.5 Å². The van der Waals surface area contributed by atoms with E-state index < -0.39 is 0 Å². The van der Waals surface area contributed by atoms with Crippen LogP contribution in [0.15, 0.2) is 52.4 Å². The van der Waals surface area contributed by atoms with E-state index in [9.17, 15) is 4.79 Å². The Labute approximate surface area is 161 Å². The molecule has 1 amide bonds. The number of methoxy groups -OCH3 is 2. The monoisotopic (exact) mass is 388 g/mol. The van der Waals surface area contributed by atoms with Crippen molar-refractivity contribution in [2.75, 3.05) is 21.3 Å². The molecular formula is C19H17ClN2O3S. The number of benzene rings is 2. The number of hydrogen-bond acceptors (Lipinski definition) is 5. The lowest BCUT2D eigenvalue weighted by Crippen LogP contribution is -2.23. The highest BCUT2D eigenvalue weighted by Crippen LogP contribution is 2.37. The number of ether oxygens (including phenoxy) is 2. The van der Waals surface area contributed by atoms with Crippen LogP contribution in [0.25, 0.3) is 6.08 Å². The Morgan fingerprint density at radius 3 is 2.62 bits per heavy atom. The molecule has 1 heterocycles. The van der Waals surface area contributed by atoms with Crippen molar-refractivity contribution in [3.8, 4) is 11.5 Å². The van der Waals surface area contributed by atoms with Crippen molar-refractivity contribution < 1.29 is 14.3 Å². The molecule has 1 fully saturated rings. The molecule has 0 radical (unpaired) electrons. The Balaban J connectivity index is 1.96. The topological polar surface area (TPSA) is 51.1 Å². The van der Waals surface area contributed by atoms with Gasteiger partial charge in [0, 0.05) is 17.6 Å². The molecule has 7 heteroatoms. The van der Waals surface area contributed by atoms with Crippen molar-refractivity contribution in [1.29, 1.82) is 0 Å². The zero-order chi connectivity index (χ0) is 18.7. The first-order valence-electron chi connectivity index (χ1n) is 7.76. The lowest BCUT2D eigenvalue weighted by atomic mass is 10.1. The number of amidine groups is 1. The maximum absolute atomic E-state index is 12.6. The fraction of sp³-hybridized carbons (Fsp3) is 0.158. The summed E-state index contributed by atoms with van der Waals surface area (Å²) in [6, 6.07) is 12.7. The minimum absolute atomic E-state index is 0.124. The summed E-state index contributed by atoms with van der Waals surface area (Å²) in [4.78, 5) is 19.2. The van der Waals surface area contributed by atoms with Crippen LogP contribution >= 0.6 is 23.4 Å². The summed E-state index contributed by atoms with van der Waals surface area (Å²) in [6.45, 7) is 0. The van der Waals surface area contributed by atoms with Gasteiger partial charge in [0.1, 0.15) is 0 Å². The molecule has 134 valence electrons. The molecule has 1 saturated heterocycles. The standard InChI is InChI=1S/C19H17ClN2O3S/c1-22-18(23)16(10-12-6-4-9-15(24-2)17(12)25-3)26-19(22)21-14-8-5-7-13(20)11-14/h4-11H,1-3H3/b16-10+,21-19?. The average molecular weight is 389 g/mol. The van der Waals surface area contributed by atoms with Crippen molar-refractivity contribution in [2.24, 2.45) is 4.99 Å². The van der Waals surface area contributed by atoms with Crippen LogP contribution in [0.4, 0.5) is 5.69 Å². The first kappa shape index (κ1) is 18.4. The predicted octanol–water partition coefficient (Wildman–Crippen LogP) is 4.59. The lowest BCUT2D eigenvalue weighted by molar-refractivity contribution is -0.121. The Morgan fingerprint density at radius 1 is 1.15 bits per heavy atom. The number of aliphatic imine (C=N–C) groups is 1. The number of thioether (sulfide) groups is 1. The summed E-state index contributed by atoms with van der Waals surface area (Å²) < 4.78 is 10.7. The number of likely N-dealkylation sites (N-methyl/N-ethyl adjacent to an activating group) is 1. The number of hydrogen-bond donors (Lipinski definition) is 0. The first-order chi connectivity index (χ1) is 12.5. The van der Waals surface area contributed by atoms with Crippen LogP contribution < -0.4 is 9.47 Å². The van der Waals surface area contributed by atoms with E-state index in [0.717, 1.165) is 5.56 Å². The molecule has 26 heavy (non-hydrogen) atoms. The maximum Gasteiger partial charge on any atom is 0.266 e. The van der Waals surface area contributed by atoms with E-state index in [0.29, 0.717) is 32.3 Å². The molecule has 0 saturated carbocycles. The summed E-state index contributed by atoms with van der Waals surface area (Å²) in [5.74, 6) is 1.07. The van der Waals surface area contributed by atoms with E-state index in [1.807, 2.05) is 30.3 Å². The third kappa shape index (κ3) is 3.71. The van der Waals surface area contributed by atoms with Crippen molar-refractivity contribution in [1.82, 2.24) is 4.90 Å². The molecule has 0 spiro atoms. The van der Waals surface area contributed by atoms with E-state index in [1.165, 1.54) is 16.7 Å². The molecule has 0 bridgehead atoms. The van der Waals surface area contributed by atoms with Gasteiger partial charge in [-0.2, -0.15) is 0 Å². The molecule has 0 atom stereocenters. The Kier molecular flexibility index (Phi) is 5.54. The lowest BCUT2D eigenvalue weighted by Gasteiger charge is -2.10. The molecule has 1 aliphatic heterocycles. The highest BCUT2D eigenvalue weighted by molar-refractivity contribution is 8.18. The van der Waals surface area contributed by atoms with Crippen LogP contribution in [0, 0.1) is 0 Å². The normalized spacial score (nSPS) is 17.2. The molecule has 2 aromatic rings. The van der Waals surface area contributed by atoms with Gasteiger partial charge in [0.2, 0.25) is 0 Å². The second kappa shape index (κ2) is 7.85. The molecule has 3 rings (SSSR count). The number of nitrogens with zero attached hydrogens (tertiary/aromatic N) is 2. The molecule has 2 aromatic carbocycles. The largest absolute Gasteiger partial charge is 0.493 e. The van der Waals surface area contributed by atoms with Gasteiger partial charge in [-0.25, -0.2) is 4.99 Å². The van der Waals surface area contributed by atoms with Gasteiger partial charge in [0.05, 0.1) is 24.8 Å². The number of amides is 1. The summed E-state index contributed by atoms with van der Waals surface area (Å²) >= 11 is 7.30. The molecule has 0 N–H and O–H groups in total. The fourth-order valence-electron chi connectivity index (χ4n) is 2.47. The second-order valence-electron chi connectivity index (χ2n) is 5.43. The highest BCUT2D eigenvalue weighted by Gasteiger charge is 2.30. The van der Waals surface area contributed by atoms with E-state index in [4.69, 9.17) is 21.1 Å². The summed E-state index contributed by atoms with van der Waals surface area (Å²) in [7, 11) is 4.85. The molecular weight excluding hydrogens is 372 g/mol. The quantitative estimate of drug-likeness (QED) is 0.719. The smallest absolute Gasteiger partial charge is 0.266 e. The van der Waals surface area contributed by atoms with Gasteiger partial charge in [-0.1, -0.05) is 29.8 Å². The molecule has 1 aliphatic rings. The minimum Gasteiger partial charge on any atom is -0.493 e. The average Bonchev–Trinajstić information content (AvgIpc) is 2.89. The second-order valence-corrected chi connectivity index (χ2v) is 6.88. The summed E-state index contributed by atoms with van der Waals surface area (Å²) in [5, 5.41) is 1.19. The number of carbonyl (C=O) groups is 1. The van der Waals surface area contributed by atoms with E-state index in [2.05, 4.69) is 4.99 Å². The minimum atomic E-state index is -0.124. The van der Waals surface area contributed by atoms with Gasteiger partial charge in [-0.3, -0.25) is 9.69 Å². The summed E-state index contributed by atoms with van der Waals surface area (Å²) in [6.07, 6.45) is 1.78. The van der Waals surface area contributed by atoms with E-state index >= 15 is 0 Å². The molecule has 0 aliphatic carbocycles. The molecule has 0 aromatic heterocycles. The van der Waals surface area contributed by atoms with Crippen molar-refractivity contribution >= 4 is 46.2 Å². The first-order valence-corrected chi connectivity index (χ1v) is 8.95. The number of rotatable bonds is 4. The van der Waals surface area contributed by atoms with E-state index in [-0.39, 0.29) is 5.91 Å². The van der Waals surface area contributed by atoms with Gasteiger partial charge in [0.15, 0.2) is 16.7 Å². The Morgan fingerprint density at radius 2 is 1.92 bits per heavy atom. The maximum atomic E-state index is 12.6. The van der Waals surface area contributed by atoms with Crippen LogP contribution in [0.2, 0.25) is 5.02 Å².